The second-order valence-electron chi connectivity index (χ2n) is 8.11. The van der Waals surface area contributed by atoms with Crippen molar-refractivity contribution in [2.24, 2.45) is 0 Å². The third kappa shape index (κ3) is 3.69. The van der Waals surface area contributed by atoms with Gasteiger partial charge in [0.05, 0.1) is 11.8 Å². The summed E-state index contributed by atoms with van der Waals surface area (Å²) in [5, 5.41) is 9.07. The van der Waals surface area contributed by atoms with Crippen LogP contribution >= 0.6 is 0 Å². The molecule has 2 aromatic heterocycles. The summed E-state index contributed by atoms with van der Waals surface area (Å²) in [6.07, 6.45) is 7.04. The number of nitrogens with zero attached hydrogens (tertiary/aromatic N) is 4. The van der Waals surface area contributed by atoms with Crippen LogP contribution in [0.5, 0.6) is 5.88 Å². The van der Waals surface area contributed by atoms with Crippen molar-refractivity contribution < 1.29 is 13.9 Å². The average molecular weight is 408 g/mol. The van der Waals surface area contributed by atoms with Crippen LogP contribution in [0, 0.1) is 5.82 Å². The summed E-state index contributed by atoms with van der Waals surface area (Å²) in [5.74, 6) is 2.60. The Labute approximate surface area is 175 Å². The monoisotopic (exact) mass is 408 g/mol. The highest BCUT2D eigenvalue weighted by Crippen LogP contribution is 2.36. The Morgan fingerprint density at radius 3 is 2.63 bits per heavy atom. The fraction of sp³-hybridized carbons (Fsp3) is 0.435. The van der Waals surface area contributed by atoms with Crippen molar-refractivity contribution in [3.8, 4) is 11.6 Å². The highest BCUT2D eigenvalue weighted by Gasteiger charge is 2.31. The molecule has 6 nitrogen and oxygen atoms in total. The zero-order valence-corrected chi connectivity index (χ0v) is 17.0. The molecule has 0 amide bonds. The Morgan fingerprint density at radius 1 is 1.00 bits per heavy atom. The lowest BCUT2D eigenvalue weighted by Gasteiger charge is -2.28. The number of rotatable bonds is 4. The fourth-order valence-electron chi connectivity index (χ4n) is 4.64. The van der Waals surface area contributed by atoms with E-state index in [0.717, 1.165) is 48.6 Å². The molecule has 0 spiro atoms. The van der Waals surface area contributed by atoms with Crippen LogP contribution in [0.3, 0.4) is 0 Å². The Bertz CT molecular complexity index is 1020. The molecule has 1 atom stereocenters. The van der Waals surface area contributed by atoms with Crippen molar-refractivity contribution >= 4 is 0 Å². The Kier molecular flexibility index (Phi) is 5.21. The van der Waals surface area contributed by atoms with Crippen molar-refractivity contribution in [2.75, 3.05) is 7.11 Å². The van der Waals surface area contributed by atoms with Crippen LogP contribution in [0.25, 0.3) is 5.69 Å². The van der Waals surface area contributed by atoms with E-state index in [9.17, 15) is 4.39 Å². The normalized spacial score (nSPS) is 23.3. The summed E-state index contributed by atoms with van der Waals surface area (Å²) >= 11 is 0. The van der Waals surface area contributed by atoms with E-state index in [1.54, 1.807) is 19.4 Å². The van der Waals surface area contributed by atoms with E-state index in [-0.39, 0.29) is 18.0 Å². The van der Waals surface area contributed by atoms with Gasteiger partial charge in [0.15, 0.2) is 0 Å². The largest absolute Gasteiger partial charge is 0.474 e. The van der Waals surface area contributed by atoms with Gasteiger partial charge in [0, 0.05) is 38.1 Å². The first-order valence-corrected chi connectivity index (χ1v) is 10.5. The van der Waals surface area contributed by atoms with Crippen molar-refractivity contribution in [1.29, 1.82) is 0 Å². The van der Waals surface area contributed by atoms with Crippen molar-refractivity contribution in [1.82, 2.24) is 19.7 Å². The molecular weight excluding hydrogens is 383 g/mol. The highest BCUT2D eigenvalue weighted by atomic mass is 19.1. The molecule has 1 saturated carbocycles. The van der Waals surface area contributed by atoms with Gasteiger partial charge < -0.3 is 9.47 Å². The maximum absolute atomic E-state index is 13.9. The molecule has 1 fully saturated rings. The third-order valence-corrected chi connectivity index (χ3v) is 6.19. The standard InChI is InChI=1S/C23H25FN4O2/c1-29-19-13-16-12-17(24)7-10-20(16)28-21(14-19)26-27-23(28)15-5-8-18(9-6-15)30-22-4-2-3-11-25-22/h2-4,7,10-12,15,18-19H,5-6,8-9,13-14H2,1H3/t15?,18?,19-/m1/s1. The predicted octanol–water partition coefficient (Wildman–Crippen LogP) is 4.02. The molecule has 30 heavy (non-hydrogen) atoms. The maximum atomic E-state index is 13.9. The van der Waals surface area contributed by atoms with Gasteiger partial charge in [-0.3, -0.25) is 4.57 Å². The quantitative estimate of drug-likeness (QED) is 0.653. The molecule has 0 saturated heterocycles. The molecule has 0 bridgehead atoms. The number of hydrogen-bond acceptors (Lipinski definition) is 5. The number of methoxy groups -OCH3 is 1. The summed E-state index contributed by atoms with van der Waals surface area (Å²) in [7, 11) is 1.69. The number of aromatic nitrogens is 4. The lowest BCUT2D eigenvalue weighted by atomic mass is 9.86. The molecule has 3 aromatic rings. The third-order valence-electron chi connectivity index (χ3n) is 6.19. The SMILES string of the molecule is CO[C@@H]1Cc2cc(F)ccc2-n2c(nnc2C2CCC(Oc3ccccn3)CC2)C1. The highest BCUT2D eigenvalue weighted by molar-refractivity contribution is 5.45. The molecule has 0 unspecified atom stereocenters. The van der Waals surface area contributed by atoms with Crippen LogP contribution in [-0.2, 0) is 17.6 Å². The van der Waals surface area contributed by atoms with E-state index in [1.807, 2.05) is 24.3 Å². The van der Waals surface area contributed by atoms with Gasteiger partial charge in [0.25, 0.3) is 0 Å². The van der Waals surface area contributed by atoms with E-state index in [1.165, 1.54) is 6.07 Å². The van der Waals surface area contributed by atoms with Gasteiger partial charge in [-0.2, -0.15) is 0 Å². The maximum Gasteiger partial charge on any atom is 0.213 e. The van der Waals surface area contributed by atoms with E-state index in [4.69, 9.17) is 9.47 Å². The van der Waals surface area contributed by atoms with Gasteiger partial charge in [-0.25, -0.2) is 9.37 Å². The van der Waals surface area contributed by atoms with Gasteiger partial charge >= 0.3 is 0 Å². The Balaban J connectivity index is 1.39. The van der Waals surface area contributed by atoms with Crippen LogP contribution in [0.2, 0.25) is 0 Å². The lowest BCUT2D eigenvalue weighted by Crippen LogP contribution is -2.25. The topological polar surface area (TPSA) is 62.1 Å². The van der Waals surface area contributed by atoms with Crippen LogP contribution in [0.4, 0.5) is 4.39 Å². The first kappa shape index (κ1) is 19.2. The van der Waals surface area contributed by atoms with Crippen molar-refractivity contribution in [2.45, 2.75) is 56.7 Å². The number of pyridine rings is 1. The Hall–Kier alpha value is -2.80. The number of benzene rings is 1. The molecule has 2 aliphatic rings. The number of fused-ring (bicyclic) bond motifs is 3. The zero-order chi connectivity index (χ0) is 20.5. The van der Waals surface area contributed by atoms with Gasteiger partial charge in [0.1, 0.15) is 23.6 Å². The Morgan fingerprint density at radius 2 is 1.87 bits per heavy atom. The average Bonchev–Trinajstić information content (AvgIpc) is 3.11. The minimum absolute atomic E-state index is 0.0358. The summed E-state index contributed by atoms with van der Waals surface area (Å²) in [4.78, 5) is 4.27. The summed E-state index contributed by atoms with van der Waals surface area (Å²) < 4.78 is 27.7. The van der Waals surface area contributed by atoms with Crippen molar-refractivity contribution in [3.63, 3.8) is 0 Å². The van der Waals surface area contributed by atoms with Crippen LogP contribution in [0.15, 0.2) is 42.6 Å². The van der Waals surface area contributed by atoms with Crippen molar-refractivity contribution in [3.05, 3.63) is 65.6 Å². The molecule has 3 heterocycles. The van der Waals surface area contributed by atoms with Gasteiger partial charge in [-0.05, 0) is 55.5 Å². The van der Waals surface area contributed by atoms with Gasteiger partial charge in [-0.1, -0.05) is 6.07 Å². The fourth-order valence-corrected chi connectivity index (χ4v) is 4.64. The minimum atomic E-state index is -0.228. The number of ether oxygens (including phenoxy) is 2. The molecule has 7 heteroatoms. The molecular formula is C23H25FN4O2. The molecule has 0 N–H and O–H groups in total. The molecule has 1 aromatic carbocycles. The van der Waals surface area contributed by atoms with E-state index in [2.05, 4.69) is 19.7 Å². The first-order valence-electron chi connectivity index (χ1n) is 10.5. The smallest absolute Gasteiger partial charge is 0.213 e. The summed E-state index contributed by atoms with van der Waals surface area (Å²) in [5.41, 5.74) is 1.91. The predicted molar refractivity (Wildman–Crippen MR) is 109 cm³/mol. The molecule has 0 radical (unpaired) electrons. The molecule has 5 rings (SSSR count). The molecule has 1 aliphatic heterocycles. The van der Waals surface area contributed by atoms with E-state index < -0.39 is 0 Å². The summed E-state index contributed by atoms with van der Waals surface area (Å²) in [6.45, 7) is 0. The number of halogens is 1. The molecule has 156 valence electrons. The second kappa shape index (κ2) is 8.14. The van der Waals surface area contributed by atoms with Crippen LogP contribution in [-0.4, -0.2) is 39.1 Å². The minimum Gasteiger partial charge on any atom is -0.474 e. The zero-order valence-electron chi connectivity index (χ0n) is 17.0. The molecule has 1 aliphatic carbocycles. The van der Waals surface area contributed by atoms with E-state index >= 15 is 0 Å². The lowest BCUT2D eigenvalue weighted by molar-refractivity contribution is 0.102. The van der Waals surface area contributed by atoms with Gasteiger partial charge in [0.2, 0.25) is 5.88 Å². The van der Waals surface area contributed by atoms with E-state index in [0.29, 0.717) is 24.6 Å². The summed E-state index contributed by atoms with van der Waals surface area (Å²) in [6, 6.07) is 10.7. The second-order valence-corrected chi connectivity index (χ2v) is 8.11. The first-order chi connectivity index (χ1) is 14.7. The van der Waals surface area contributed by atoms with Gasteiger partial charge in [-0.15, -0.1) is 10.2 Å². The van der Waals surface area contributed by atoms with Crippen LogP contribution < -0.4 is 4.74 Å². The van der Waals surface area contributed by atoms with Crippen LogP contribution in [0.1, 0.15) is 48.8 Å². The number of hydrogen-bond donors (Lipinski definition) is 0.